The minimum Gasteiger partial charge on any atom is -0.452 e. The van der Waals surface area contributed by atoms with Gasteiger partial charge >= 0.3 is 5.97 Å². The Labute approximate surface area is 156 Å². The van der Waals surface area contributed by atoms with Crippen molar-refractivity contribution >= 4 is 35.1 Å². The highest BCUT2D eigenvalue weighted by Gasteiger charge is 2.16. The molecule has 0 atom stereocenters. The summed E-state index contributed by atoms with van der Waals surface area (Å²) in [5.41, 5.74) is -0.402. The molecule has 0 spiro atoms. The normalized spacial score (nSPS) is 10.2. The van der Waals surface area contributed by atoms with Crippen LogP contribution in [0.25, 0.3) is 0 Å². The van der Waals surface area contributed by atoms with Gasteiger partial charge in [0.1, 0.15) is 0 Å². The third-order valence-electron chi connectivity index (χ3n) is 3.17. The molecule has 0 bridgehead atoms. The summed E-state index contributed by atoms with van der Waals surface area (Å²) in [4.78, 5) is 34.9. The standard InChI is InChI=1S/C17H12ClF3N2O4/c18-10-3-1-9(2-4-10)17(26)27-8-14(25)22-7-13(24)23-12-6-5-11(19)15(20)16(12)21/h1-6H,7-8H2,(H,22,25)(H,23,24). The largest absolute Gasteiger partial charge is 0.452 e. The smallest absolute Gasteiger partial charge is 0.338 e. The lowest BCUT2D eigenvalue weighted by molar-refractivity contribution is -0.126. The summed E-state index contributed by atoms with van der Waals surface area (Å²) in [6, 6.07) is 7.24. The first-order valence-electron chi connectivity index (χ1n) is 7.40. The zero-order chi connectivity index (χ0) is 20.0. The molecule has 0 aliphatic heterocycles. The van der Waals surface area contributed by atoms with Gasteiger partial charge in [-0.25, -0.2) is 18.0 Å². The third-order valence-corrected chi connectivity index (χ3v) is 3.42. The average molecular weight is 401 g/mol. The molecule has 0 aromatic heterocycles. The van der Waals surface area contributed by atoms with Crippen LogP contribution in [0.4, 0.5) is 18.9 Å². The van der Waals surface area contributed by atoms with Gasteiger partial charge in [-0.05, 0) is 36.4 Å². The van der Waals surface area contributed by atoms with E-state index in [2.05, 4.69) is 5.32 Å². The molecule has 0 saturated carbocycles. The molecule has 2 aromatic carbocycles. The van der Waals surface area contributed by atoms with Crippen LogP contribution in [-0.4, -0.2) is 30.9 Å². The number of benzene rings is 2. The van der Waals surface area contributed by atoms with Crippen LogP contribution in [0.5, 0.6) is 0 Å². The number of hydrogen-bond donors (Lipinski definition) is 2. The average Bonchev–Trinajstić information content (AvgIpc) is 2.65. The van der Waals surface area contributed by atoms with Gasteiger partial charge in [-0.3, -0.25) is 9.59 Å². The molecule has 2 rings (SSSR count). The number of esters is 1. The Balaban J connectivity index is 1.78. The highest BCUT2D eigenvalue weighted by Crippen LogP contribution is 2.19. The van der Waals surface area contributed by atoms with Gasteiger partial charge in [-0.2, -0.15) is 0 Å². The van der Waals surface area contributed by atoms with Gasteiger partial charge in [-0.1, -0.05) is 11.6 Å². The predicted octanol–water partition coefficient (Wildman–Crippen LogP) is 2.67. The molecular formula is C17H12ClF3N2O4. The molecule has 6 nitrogen and oxygen atoms in total. The van der Waals surface area contributed by atoms with Crippen molar-refractivity contribution in [2.45, 2.75) is 0 Å². The Kier molecular flexibility index (Phi) is 6.78. The predicted molar refractivity (Wildman–Crippen MR) is 89.7 cm³/mol. The molecular weight excluding hydrogens is 389 g/mol. The molecule has 0 saturated heterocycles. The second-order valence-corrected chi connectivity index (χ2v) is 5.57. The molecule has 0 unspecified atom stereocenters. The van der Waals surface area contributed by atoms with Crippen LogP contribution in [0.1, 0.15) is 10.4 Å². The molecule has 2 aromatic rings. The van der Waals surface area contributed by atoms with Crippen molar-refractivity contribution in [3.05, 3.63) is 64.4 Å². The Hall–Kier alpha value is -3.07. The van der Waals surface area contributed by atoms with Crippen molar-refractivity contribution < 1.29 is 32.3 Å². The van der Waals surface area contributed by atoms with E-state index in [1.807, 2.05) is 5.32 Å². The first-order valence-corrected chi connectivity index (χ1v) is 7.78. The van der Waals surface area contributed by atoms with E-state index in [9.17, 15) is 27.6 Å². The number of carbonyl (C=O) groups is 3. The van der Waals surface area contributed by atoms with E-state index in [-0.39, 0.29) is 5.56 Å². The third kappa shape index (κ3) is 5.71. The fraction of sp³-hybridized carbons (Fsp3) is 0.118. The lowest BCUT2D eigenvalue weighted by Gasteiger charge is -2.09. The van der Waals surface area contributed by atoms with E-state index in [4.69, 9.17) is 16.3 Å². The van der Waals surface area contributed by atoms with Gasteiger partial charge in [0.15, 0.2) is 24.1 Å². The SMILES string of the molecule is O=C(COC(=O)c1ccc(Cl)cc1)NCC(=O)Nc1ccc(F)c(F)c1F. The Bertz CT molecular complexity index is 875. The first kappa shape index (κ1) is 20.2. The molecule has 0 aliphatic carbocycles. The summed E-state index contributed by atoms with van der Waals surface area (Å²) < 4.78 is 44.1. The lowest BCUT2D eigenvalue weighted by Crippen LogP contribution is -2.35. The highest BCUT2D eigenvalue weighted by molar-refractivity contribution is 6.30. The number of amides is 2. The van der Waals surface area contributed by atoms with E-state index in [0.29, 0.717) is 11.1 Å². The van der Waals surface area contributed by atoms with E-state index in [0.717, 1.165) is 6.07 Å². The zero-order valence-corrected chi connectivity index (χ0v) is 14.3. The molecule has 27 heavy (non-hydrogen) atoms. The number of hydrogen-bond acceptors (Lipinski definition) is 4. The zero-order valence-electron chi connectivity index (χ0n) is 13.5. The molecule has 10 heteroatoms. The molecule has 0 heterocycles. The fourth-order valence-corrected chi connectivity index (χ4v) is 1.97. The number of halogens is 4. The molecule has 0 aliphatic rings. The number of ether oxygens (including phenoxy) is 1. The summed E-state index contributed by atoms with van der Waals surface area (Å²) in [6.07, 6.45) is 0. The highest BCUT2D eigenvalue weighted by atomic mass is 35.5. The maximum atomic E-state index is 13.4. The number of rotatable bonds is 6. The summed E-state index contributed by atoms with van der Waals surface area (Å²) in [7, 11) is 0. The summed E-state index contributed by atoms with van der Waals surface area (Å²) >= 11 is 5.68. The first-order chi connectivity index (χ1) is 12.8. The van der Waals surface area contributed by atoms with Crippen LogP contribution < -0.4 is 10.6 Å². The van der Waals surface area contributed by atoms with Gasteiger partial charge in [0, 0.05) is 5.02 Å². The van der Waals surface area contributed by atoms with Crippen LogP contribution in [0.15, 0.2) is 36.4 Å². The van der Waals surface area contributed by atoms with Crippen LogP contribution in [0.3, 0.4) is 0 Å². The van der Waals surface area contributed by atoms with Crippen molar-refractivity contribution in [1.82, 2.24) is 5.32 Å². The minimum atomic E-state index is -1.73. The second-order valence-electron chi connectivity index (χ2n) is 5.13. The summed E-state index contributed by atoms with van der Waals surface area (Å²) in [6.45, 7) is -1.26. The summed E-state index contributed by atoms with van der Waals surface area (Å²) in [5, 5.41) is 4.52. The van der Waals surface area contributed by atoms with Gasteiger partial charge in [0.05, 0.1) is 17.8 Å². The van der Waals surface area contributed by atoms with Gasteiger partial charge < -0.3 is 15.4 Å². The van der Waals surface area contributed by atoms with Crippen LogP contribution in [0, 0.1) is 17.5 Å². The van der Waals surface area contributed by atoms with E-state index in [1.54, 1.807) is 0 Å². The van der Waals surface area contributed by atoms with Crippen molar-refractivity contribution in [3.63, 3.8) is 0 Å². The van der Waals surface area contributed by atoms with Crippen LogP contribution >= 0.6 is 11.6 Å². The maximum absolute atomic E-state index is 13.4. The minimum absolute atomic E-state index is 0.179. The van der Waals surface area contributed by atoms with Gasteiger partial charge in [0.25, 0.3) is 5.91 Å². The monoisotopic (exact) mass is 400 g/mol. The quantitative estimate of drug-likeness (QED) is 0.577. The maximum Gasteiger partial charge on any atom is 0.338 e. The van der Waals surface area contributed by atoms with E-state index in [1.165, 1.54) is 24.3 Å². The molecule has 142 valence electrons. The molecule has 2 amide bonds. The van der Waals surface area contributed by atoms with Gasteiger partial charge in [0.2, 0.25) is 5.91 Å². The summed E-state index contributed by atoms with van der Waals surface area (Å²) in [5.74, 6) is -7.15. The van der Waals surface area contributed by atoms with Crippen molar-refractivity contribution in [2.75, 3.05) is 18.5 Å². The number of carbonyl (C=O) groups excluding carboxylic acids is 3. The Morgan fingerprint density at radius 1 is 0.926 bits per heavy atom. The van der Waals surface area contributed by atoms with Crippen molar-refractivity contribution in [3.8, 4) is 0 Å². The van der Waals surface area contributed by atoms with E-state index >= 15 is 0 Å². The number of nitrogens with one attached hydrogen (secondary N) is 2. The number of anilines is 1. The molecule has 0 radical (unpaired) electrons. The molecule has 2 N–H and O–H groups in total. The second kappa shape index (κ2) is 9.04. The Morgan fingerprint density at radius 3 is 2.26 bits per heavy atom. The Morgan fingerprint density at radius 2 is 1.59 bits per heavy atom. The fourth-order valence-electron chi connectivity index (χ4n) is 1.85. The van der Waals surface area contributed by atoms with Crippen molar-refractivity contribution in [2.24, 2.45) is 0 Å². The lowest BCUT2D eigenvalue weighted by atomic mass is 10.2. The van der Waals surface area contributed by atoms with Gasteiger partial charge in [-0.15, -0.1) is 0 Å². The molecule has 0 fully saturated rings. The van der Waals surface area contributed by atoms with Crippen molar-refractivity contribution in [1.29, 1.82) is 0 Å². The van der Waals surface area contributed by atoms with Crippen LogP contribution in [-0.2, 0) is 14.3 Å². The topological polar surface area (TPSA) is 84.5 Å². The van der Waals surface area contributed by atoms with Crippen LogP contribution in [0.2, 0.25) is 5.02 Å². The van der Waals surface area contributed by atoms with E-state index < -0.39 is 54.1 Å².